The van der Waals surface area contributed by atoms with E-state index in [0.717, 1.165) is 6.33 Å². The van der Waals surface area contributed by atoms with E-state index in [-0.39, 0.29) is 11.6 Å². The van der Waals surface area contributed by atoms with Gasteiger partial charge in [0.2, 0.25) is 11.6 Å². The topological polar surface area (TPSA) is 177 Å². The average Bonchev–Trinajstić information content (AvgIpc) is 2.67. The maximum atomic E-state index is 10.9. The summed E-state index contributed by atoms with van der Waals surface area (Å²) in [5, 5.41) is 42.4. The van der Waals surface area contributed by atoms with Crippen LogP contribution < -0.4 is 11.1 Å². The van der Waals surface area contributed by atoms with Crippen molar-refractivity contribution < 1.29 is 25.0 Å². The molecule has 0 amide bonds. The summed E-state index contributed by atoms with van der Waals surface area (Å²) in [5.41, 5.74) is 4.84. The third-order valence-corrected chi connectivity index (χ3v) is 3.09. The molecule has 0 radical (unpaired) electrons. The van der Waals surface area contributed by atoms with Crippen LogP contribution in [0.1, 0.15) is 6.92 Å². The van der Waals surface area contributed by atoms with Gasteiger partial charge in [-0.2, -0.15) is 0 Å². The minimum atomic E-state index is -1.40. The Bertz CT molecular complexity index is 541. The Hall–Kier alpha value is -2.08. The van der Waals surface area contributed by atoms with Crippen LogP contribution in [0.25, 0.3) is 0 Å². The molecule has 0 aliphatic carbocycles. The van der Waals surface area contributed by atoms with Gasteiger partial charge < -0.3 is 31.1 Å². The second-order valence-electron chi connectivity index (χ2n) is 4.60. The maximum Gasteiger partial charge on any atom is 0.353 e. The number of nitrogens with two attached hydrogens (primary N) is 1. The van der Waals surface area contributed by atoms with Crippen molar-refractivity contribution in [1.29, 1.82) is 0 Å². The highest BCUT2D eigenvalue weighted by Gasteiger charge is 2.45. The van der Waals surface area contributed by atoms with E-state index >= 15 is 0 Å². The van der Waals surface area contributed by atoms with Crippen LogP contribution >= 0.6 is 0 Å². The number of hydrogen-bond acceptors (Lipinski definition) is 10. The molecule has 5 atom stereocenters. The molecule has 116 valence electrons. The summed E-state index contributed by atoms with van der Waals surface area (Å²) in [7, 11) is 0. The predicted molar refractivity (Wildman–Crippen MR) is 69.1 cm³/mol. The van der Waals surface area contributed by atoms with Gasteiger partial charge in [0.05, 0.1) is 11.0 Å². The molecule has 0 bridgehead atoms. The molecule has 21 heavy (non-hydrogen) atoms. The SMILES string of the molecule is CC(O)[C@H]1O[C@@H](Nc2ncnc(N)c2[N+](=O)[O-])[C@H](O)[C@@H]1O. The van der Waals surface area contributed by atoms with Crippen LogP contribution in [0.4, 0.5) is 17.3 Å². The van der Waals surface area contributed by atoms with E-state index in [1.807, 2.05) is 0 Å². The molecule has 1 aliphatic heterocycles. The summed E-state index contributed by atoms with van der Waals surface area (Å²) < 4.78 is 5.24. The highest BCUT2D eigenvalue weighted by Crippen LogP contribution is 2.30. The molecule has 6 N–H and O–H groups in total. The first-order valence-corrected chi connectivity index (χ1v) is 6.04. The molecule has 1 fully saturated rings. The maximum absolute atomic E-state index is 10.9. The third-order valence-electron chi connectivity index (χ3n) is 3.09. The Balaban J connectivity index is 2.23. The molecule has 1 aromatic heterocycles. The lowest BCUT2D eigenvalue weighted by atomic mass is 10.1. The number of hydrogen-bond donors (Lipinski definition) is 5. The fourth-order valence-corrected chi connectivity index (χ4v) is 2.03. The molecule has 1 aliphatic rings. The molecule has 1 unspecified atom stereocenters. The van der Waals surface area contributed by atoms with Crippen LogP contribution in [-0.4, -0.2) is 60.9 Å². The fourth-order valence-electron chi connectivity index (χ4n) is 2.03. The number of nitrogen functional groups attached to an aromatic ring is 1. The number of nitrogens with zero attached hydrogens (tertiary/aromatic N) is 3. The van der Waals surface area contributed by atoms with Crippen molar-refractivity contribution in [3.05, 3.63) is 16.4 Å². The van der Waals surface area contributed by atoms with Crippen LogP contribution in [0, 0.1) is 10.1 Å². The molecule has 0 saturated carbocycles. The van der Waals surface area contributed by atoms with Gasteiger partial charge in [0, 0.05) is 0 Å². The Labute approximate surface area is 118 Å². The van der Waals surface area contributed by atoms with Crippen molar-refractivity contribution in [2.24, 2.45) is 0 Å². The molecule has 1 saturated heterocycles. The number of aliphatic hydroxyl groups excluding tert-OH is 3. The van der Waals surface area contributed by atoms with Crippen molar-refractivity contribution in [3.8, 4) is 0 Å². The molecule has 11 nitrogen and oxygen atoms in total. The van der Waals surface area contributed by atoms with E-state index in [2.05, 4.69) is 15.3 Å². The summed E-state index contributed by atoms with van der Waals surface area (Å²) in [4.78, 5) is 17.4. The number of aliphatic hydroxyl groups is 3. The van der Waals surface area contributed by atoms with Gasteiger partial charge in [0.1, 0.15) is 24.6 Å². The van der Waals surface area contributed by atoms with Crippen molar-refractivity contribution in [2.45, 2.75) is 37.6 Å². The monoisotopic (exact) mass is 301 g/mol. The standard InChI is InChI=1S/C10H15N5O6/c1-3(16)7-5(17)6(18)10(21-7)14-9-4(15(19)20)8(11)12-2-13-9/h2-3,5-7,10,16-18H,1H3,(H3,11,12,13,14)/t3?,5-,6+,7+,10+/m0/s1. The normalized spacial score (nSPS) is 30.1. The van der Waals surface area contributed by atoms with Crippen molar-refractivity contribution in [3.63, 3.8) is 0 Å². The zero-order valence-corrected chi connectivity index (χ0v) is 10.9. The van der Waals surface area contributed by atoms with E-state index in [0.29, 0.717) is 0 Å². The number of anilines is 2. The van der Waals surface area contributed by atoms with Gasteiger partial charge in [-0.05, 0) is 6.92 Å². The van der Waals surface area contributed by atoms with Gasteiger partial charge >= 0.3 is 5.69 Å². The van der Waals surface area contributed by atoms with Crippen LogP contribution in [0.3, 0.4) is 0 Å². The van der Waals surface area contributed by atoms with Gasteiger partial charge in [-0.3, -0.25) is 10.1 Å². The number of nitrogens with one attached hydrogen (secondary N) is 1. The Kier molecular flexibility index (Phi) is 4.18. The van der Waals surface area contributed by atoms with Gasteiger partial charge in [0.15, 0.2) is 6.23 Å². The molecular formula is C10H15N5O6. The van der Waals surface area contributed by atoms with Gasteiger partial charge in [-0.25, -0.2) is 9.97 Å². The van der Waals surface area contributed by atoms with Crippen LogP contribution in [0.15, 0.2) is 6.33 Å². The van der Waals surface area contributed by atoms with Gasteiger partial charge in [-0.1, -0.05) is 0 Å². The van der Waals surface area contributed by atoms with Crippen LogP contribution in [-0.2, 0) is 4.74 Å². The minimum absolute atomic E-state index is 0.255. The third kappa shape index (κ3) is 2.85. The Morgan fingerprint density at radius 3 is 2.67 bits per heavy atom. The lowest BCUT2D eigenvalue weighted by Crippen LogP contribution is -2.38. The van der Waals surface area contributed by atoms with Gasteiger partial charge in [-0.15, -0.1) is 0 Å². The van der Waals surface area contributed by atoms with E-state index in [1.54, 1.807) is 0 Å². The first-order valence-electron chi connectivity index (χ1n) is 6.04. The summed E-state index contributed by atoms with van der Waals surface area (Å²) in [6, 6.07) is 0. The molecule has 0 aromatic carbocycles. The minimum Gasteiger partial charge on any atom is -0.391 e. The van der Waals surface area contributed by atoms with E-state index < -0.39 is 41.3 Å². The lowest BCUT2D eigenvalue weighted by Gasteiger charge is -2.17. The second-order valence-corrected chi connectivity index (χ2v) is 4.60. The van der Waals surface area contributed by atoms with E-state index in [4.69, 9.17) is 10.5 Å². The largest absolute Gasteiger partial charge is 0.391 e. The summed E-state index contributed by atoms with van der Waals surface area (Å²) >= 11 is 0. The molecule has 0 spiro atoms. The first-order chi connectivity index (χ1) is 9.82. The molecule has 2 rings (SSSR count). The number of ether oxygens (including phenoxy) is 1. The Morgan fingerprint density at radius 2 is 2.14 bits per heavy atom. The van der Waals surface area contributed by atoms with Crippen molar-refractivity contribution in [1.82, 2.24) is 9.97 Å². The van der Waals surface area contributed by atoms with Gasteiger partial charge in [0.25, 0.3) is 0 Å². The van der Waals surface area contributed by atoms with Crippen molar-refractivity contribution >= 4 is 17.3 Å². The molecule has 2 heterocycles. The first kappa shape index (κ1) is 15.3. The smallest absolute Gasteiger partial charge is 0.353 e. The quantitative estimate of drug-likeness (QED) is 0.315. The number of aromatic nitrogens is 2. The zero-order valence-electron chi connectivity index (χ0n) is 10.9. The zero-order chi connectivity index (χ0) is 15.7. The number of rotatable bonds is 4. The summed E-state index contributed by atoms with van der Waals surface area (Å²) in [6.45, 7) is 1.38. The second kappa shape index (κ2) is 5.73. The Morgan fingerprint density at radius 1 is 1.48 bits per heavy atom. The lowest BCUT2D eigenvalue weighted by molar-refractivity contribution is -0.383. The molecule has 11 heteroatoms. The summed E-state index contributed by atoms with van der Waals surface area (Å²) in [5.74, 6) is -0.604. The van der Waals surface area contributed by atoms with Crippen molar-refractivity contribution in [2.75, 3.05) is 11.1 Å². The predicted octanol–water partition coefficient (Wildman–Crippen LogP) is -1.79. The van der Waals surface area contributed by atoms with Crippen LogP contribution in [0.2, 0.25) is 0 Å². The van der Waals surface area contributed by atoms with E-state index in [9.17, 15) is 25.4 Å². The molecule has 1 aromatic rings. The number of nitro groups is 1. The fraction of sp³-hybridized carbons (Fsp3) is 0.600. The van der Waals surface area contributed by atoms with Crippen LogP contribution in [0.5, 0.6) is 0 Å². The highest BCUT2D eigenvalue weighted by molar-refractivity contribution is 5.67. The highest BCUT2D eigenvalue weighted by atomic mass is 16.6. The average molecular weight is 301 g/mol. The molecular weight excluding hydrogens is 286 g/mol. The van der Waals surface area contributed by atoms with E-state index in [1.165, 1.54) is 6.92 Å². The summed E-state index contributed by atoms with van der Waals surface area (Å²) in [6.07, 6.45) is -4.99.